The predicted octanol–water partition coefficient (Wildman–Crippen LogP) is 2.00. The molecule has 0 spiro atoms. The third kappa shape index (κ3) is 3.35. The Hall–Kier alpha value is -0.770. The Balaban J connectivity index is 1.71. The Kier molecular flexibility index (Phi) is 4.66. The number of amides is 1. The lowest BCUT2D eigenvalue weighted by atomic mass is 9.99. The van der Waals surface area contributed by atoms with Crippen LogP contribution in [0.15, 0.2) is 0 Å². The van der Waals surface area contributed by atoms with Crippen LogP contribution in [0.25, 0.3) is 0 Å². The van der Waals surface area contributed by atoms with Gasteiger partial charge in [-0.15, -0.1) is 0 Å². The molecular weight excluding hydrogens is 216 g/mol. The molecule has 0 aromatic rings. The number of hydrogen-bond acceptors (Lipinski definition) is 3. The SMILES string of the molecule is CCCNC1CCCC1CCN1CCOC1=O. The van der Waals surface area contributed by atoms with E-state index in [1.165, 1.54) is 25.7 Å². The fraction of sp³-hybridized carbons (Fsp3) is 0.923. The van der Waals surface area contributed by atoms with Crippen molar-refractivity contribution in [2.24, 2.45) is 5.92 Å². The summed E-state index contributed by atoms with van der Waals surface area (Å²) in [4.78, 5) is 13.2. The summed E-state index contributed by atoms with van der Waals surface area (Å²) >= 11 is 0. The molecule has 1 N–H and O–H groups in total. The highest BCUT2D eigenvalue weighted by atomic mass is 16.6. The standard InChI is InChI=1S/C13H24N2O2/c1-2-7-14-12-5-3-4-11(12)6-8-15-9-10-17-13(15)16/h11-12,14H,2-10H2,1H3. The van der Waals surface area contributed by atoms with Gasteiger partial charge in [0.25, 0.3) is 0 Å². The Morgan fingerprint density at radius 1 is 1.47 bits per heavy atom. The first-order valence-electron chi connectivity index (χ1n) is 6.96. The molecule has 4 nitrogen and oxygen atoms in total. The Morgan fingerprint density at radius 3 is 3.06 bits per heavy atom. The van der Waals surface area contributed by atoms with Gasteiger partial charge in [0.15, 0.2) is 0 Å². The normalized spacial score (nSPS) is 28.8. The maximum Gasteiger partial charge on any atom is 0.409 e. The monoisotopic (exact) mass is 240 g/mol. The molecule has 2 unspecified atom stereocenters. The molecule has 1 heterocycles. The predicted molar refractivity (Wildman–Crippen MR) is 67.0 cm³/mol. The smallest absolute Gasteiger partial charge is 0.409 e. The first-order chi connectivity index (χ1) is 8.31. The molecule has 1 saturated heterocycles. The largest absolute Gasteiger partial charge is 0.448 e. The number of carbonyl (C=O) groups is 1. The third-order valence-corrected chi connectivity index (χ3v) is 3.93. The Labute approximate surface area is 104 Å². The van der Waals surface area contributed by atoms with E-state index < -0.39 is 0 Å². The summed E-state index contributed by atoms with van der Waals surface area (Å²) in [6, 6.07) is 0.675. The third-order valence-electron chi connectivity index (χ3n) is 3.93. The first kappa shape index (κ1) is 12.7. The zero-order valence-electron chi connectivity index (χ0n) is 10.8. The van der Waals surface area contributed by atoms with Gasteiger partial charge in [-0.1, -0.05) is 13.3 Å². The molecule has 0 aromatic heterocycles. The van der Waals surface area contributed by atoms with Gasteiger partial charge in [0.2, 0.25) is 0 Å². The van der Waals surface area contributed by atoms with Crippen LogP contribution in [-0.4, -0.2) is 43.3 Å². The summed E-state index contributed by atoms with van der Waals surface area (Å²) in [5.41, 5.74) is 0. The summed E-state index contributed by atoms with van der Waals surface area (Å²) in [5, 5.41) is 3.63. The molecule has 2 rings (SSSR count). The van der Waals surface area contributed by atoms with Gasteiger partial charge in [-0.25, -0.2) is 4.79 Å². The summed E-state index contributed by atoms with van der Waals surface area (Å²) in [6.07, 6.45) is 6.13. The van der Waals surface area contributed by atoms with Gasteiger partial charge in [0.1, 0.15) is 6.61 Å². The molecule has 0 aromatic carbocycles. The lowest BCUT2D eigenvalue weighted by Crippen LogP contribution is -2.35. The topological polar surface area (TPSA) is 41.6 Å². The van der Waals surface area contributed by atoms with Crippen LogP contribution in [-0.2, 0) is 4.74 Å². The number of carbonyl (C=O) groups excluding carboxylic acids is 1. The van der Waals surface area contributed by atoms with E-state index in [0.29, 0.717) is 12.6 Å². The van der Waals surface area contributed by atoms with Crippen molar-refractivity contribution in [3.05, 3.63) is 0 Å². The molecular formula is C13H24N2O2. The van der Waals surface area contributed by atoms with E-state index in [0.717, 1.165) is 32.0 Å². The quantitative estimate of drug-likeness (QED) is 0.772. The summed E-state index contributed by atoms with van der Waals surface area (Å²) in [6.45, 7) is 5.54. The summed E-state index contributed by atoms with van der Waals surface area (Å²) < 4.78 is 4.94. The number of nitrogens with one attached hydrogen (secondary N) is 1. The number of hydrogen-bond donors (Lipinski definition) is 1. The highest BCUT2D eigenvalue weighted by Crippen LogP contribution is 2.28. The van der Waals surface area contributed by atoms with Crippen LogP contribution in [0.4, 0.5) is 4.79 Å². The van der Waals surface area contributed by atoms with Gasteiger partial charge in [0, 0.05) is 12.6 Å². The zero-order valence-corrected chi connectivity index (χ0v) is 10.8. The maximum atomic E-state index is 11.3. The Bertz CT molecular complexity index is 258. The highest BCUT2D eigenvalue weighted by Gasteiger charge is 2.28. The van der Waals surface area contributed by atoms with Crippen molar-refractivity contribution in [1.82, 2.24) is 10.2 Å². The van der Waals surface area contributed by atoms with Gasteiger partial charge in [-0.2, -0.15) is 0 Å². The second-order valence-corrected chi connectivity index (χ2v) is 5.14. The number of nitrogens with zero attached hydrogens (tertiary/aromatic N) is 1. The molecule has 2 fully saturated rings. The molecule has 2 aliphatic rings. The molecule has 1 saturated carbocycles. The fourth-order valence-electron chi connectivity index (χ4n) is 2.93. The number of ether oxygens (including phenoxy) is 1. The number of rotatable bonds is 6. The van der Waals surface area contributed by atoms with Crippen LogP contribution in [0, 0.1) is 5.92 Å². The molecule has 98 valence electrons. The van der Waals surface area contributed by atoms with E-state index in [-0.39, 0.29) is 6.09 Å². The molecule has 17 heavy (non-hydrogen) atoms. The van der Waals surface area contributed by atoms with Crippen LogP contribution in [0.3, 0.4) is 0 Å². The van der Waals surface area contributed by atoms with Crippen LogP contribution in [0.5, 0.6) is 0 Å². The van der Waals surface area contributed by atoms with Crippen molar-refractivity contribution in [2.75, 3.05) is 26.2 Å². The average molecular weight is 240 g/mol. The van der Waals surface area contributed by atoms with Crippen molar-refractivity contribution < 1.29 is 9.53 Å². The summed E-state index contributed by atoms with van der Waals surface area (Å²) in [7, 11) is 0. The lowest BCUT2D eigenvalue weighted by molar-refractivity contribution is 0.156. The molecule has 1 aliphatic carbocycles. The van der Waals surface area contributed by atoms with Gasteiger partial charge in [0.05, 0.1) is 6.54 Å². The van der Waals surface area contributed by atoms with E-state index >= 15 is 0 Å². The van der Waals surface area contributed by atoms with E-state index in [9.17, 15) is 4.79 Å². The van der Waals surface area contributed by atoms with Crippen LogP contribution in [0.2, 0.25) is 0 Å². The summed E-state index contributed by atoms with van der Waals surface area (Å²) in [5.74, 6) is 0.745. The van der Waals surface area contributed by atoms with E-state index in [1.54, 1.807) is 0 Å². The van der Waals surface area contributed by atoms with E-state index in [4.69, 9.17) is 4.74 Å². The second-order valence-electron chi connectivity index (χ2n) is 5.14. The Morgan fingerprint density at radius 2 is 2.35 bits per heavy atom. The molecule has 0 radical (unpaired) electrons. The molecule has 0 bridgehead atoms. The number of cyclic esters (lactones) is 1. The highest BCUT2D eigenvalue weighted by molar-refractivity contribution is 5.69. The van der Waals surface area contributed by atoms with Crippen molar-refractivity contribution >= 4 is 6.09 Å². The average Bonchev–Trinajstić information content (AvgIpc) is 2.93. The van der Waals surface area contributed by atoms with E-state index in [2.05, 4.69) is 12.2 Å². The minimum Gasteiger partial charge on any atom is -0.448 e. The van der Waals surface area contributed by atoms with Crippen LogP contribution >= 0.6 is 0 Å². The molecule has 1 aliphatic heterocycles. The van der Waals surface area contributed by atoms with Crippen LogP contribution in [0.1, 0.15) is 39.0 Å². The van der Waals surface area contributed by atoms with E-state index in [1.807, 2.05) is 4.90 Å². The fourth-order valence-corrected chi connectivity index (χ4v) is 2.93. The minimum absolute atomic E-state index is 0.124. The lowest BCUT2D eigenvalue weighted by Gasteiger charge is -2.22. The van der Waals surface area contributed by atoms with Gasteiger partial charge in [-0.3, -0.25) is 0 Å². The van der Waals surface area contributed by atoms with Crippen LogP contribution < -0.4 is 5.32 Å². The van der Waals surface area contributed by atoms with Gasteiger partial charge < -0.3 is 15.0 Å². The van der Waals surface area contributed by atoms with Crippen molar-refractivity contribution in [3.63, 3.8) is 0 Å². The zero-order chi connectivity index (χ0) is 12.1. The minimum atomic E-state index is -0.124. The van der Waals surface area contributed by atoms with Gasteiger partial charge in [-0.05, 0) is 38.1 Å². The molecule has 4 heteroatoms. The molecule has 2 atom stereocenters. The second kappa shape index (κ2) is 6.24. The van der Waals surface area contributed by atoms with Crippen molar-refractivity contribution in [3.8, 4) is 0 Å². The van der Waals surface area contributed by atoms with Gasteiger partial charge >= 0.3 is 6.09 Å². The molecule has 1 amide bonds. The first-order valence-corrected chi connectivity index (χ1v) is 6.96. The van der Waals surface area contributed by atoms with Crippen molar-refractivity contribution in [2.45, 2.75) is 45.1 Å². The maximum absolute atomic E-state index is 11.3. The van der Waals surface area contributed by atoms with Crippen molar-refractivity contribution in [1.29, 1.82) is 0 Å².